The van der Waals surface area contributed by atoms with Crippen molar-refractivity contribution < 1.29 is 81.5 Å². The smallest absolute Gasteiger partial charge is 0.407 e. The Morgan fingerprint density at radius 2 is 1.67 bits per heavy atom. The number of halogens is 1. The van der Waals surface area contributed by atoms with Crippen LogP contribution in [0.5, 0.6) is 5.75 Å². The summed E-state index contributed by atoms with van der Waals surface area (Å²) in [6, 6.07) is 0.912. The van der Waals surface area contributed by atoms with E-state index in [4.69, 9.17) is 46.8 Å². The van der Waals surface area contributed by atoms with Gasteiger partial charge in [-0.2, -0.15) is 0 Å². The maximum absolute atomic E-state index is 14.4. The van der Waals surface area contributed by atoms with E-state index in [0.717, 1.165) is 22.9 Å². The van der Waals surface area contributed by atoms with Gasteiger partial charge in [0.25, 0.3) is 0 Å². The summed E-state index contributed by atoms with van der Waals surface area (Å²) in [5.74, 6) is -6.60. The first-order valence-electron chi connectivity index (χ1n) is 29.5. The van der Waals surface area contributed by atoms with Crippen LogP contribution in [0.3, 0.4) is 0 Å². The monoisotopic (exact) mass is 1270 g/mol. The number of epoxide rings is 1. The highest BCUT2D eigenvalue weighted by atomic mass is 35.5. The van der Waals surface area contributed by atoms with E-state index in [1.165, 1.54) is 30.9 Å². The second-order valence-electron chi connectivity index (χ2n) is 22.9. The number of rotatable bonds is 27. The van der Waals surface area contributed by atoms with Crippen LogP contribution in [0, 0.1) is 17.8 Å². The number of primary amides is 1. The molecular weight excluding hydrogens is 1190 g/mol. The second kappa shape index (κ2) is 34.1. The normalized spacial score (nSPS) is 25.6. The van der Waals surface area contributed by atoms with Crippen molar-refractivity contribution in [3.8, 4) is 5.75 Å². The number of nitrogens with one attached hydrogen (secondary N) is 6. The number of unbranched alkanes of at least 4 members (excludes halogenated alkanes) is 1. The number of thioether (sulfide) groups is 1. The molecule has 4 aliphatic rings. The molecule has 3 aliphatic heterocycles. The largest absolute Gasteiger partial charge is 0.495 e. The fourth-order valence-corrected chi connectivity index (χ4v) is 12.1. The van der Waals surface area contributed by atoms with Crippen molar-refractivity contribution in [1.82, 2.24) is 36.8 Å². The number of amides is 9. The molecule has 3 fully saturated rings. The number of ether oxygens (including phenoxy) is 5. The quantitative estimate of drug-likeness (QED) is 0.0343. The molecule has 9 amide bonds. The number of fused-ring (bicyclic) bond motifs is 5. The van der Waals surface area contributed by atoms with Gasteiger partial charge in [0.15, 0.2) is 0 Å². The number of hydrogen-bond donors (Lipinski definition) is 9. The first-order chi connectivity index (χ1) is 41.7. The maximum atomic E-state index is 14.4. The molecule has 27 nitrogen and oxygen atoms in total. The van der Waals surface area contributed by atoms with Gasteiger partial charge in [-0.3, -0.25) is 43.2 Å². The number of aliphatic carboxylic acids is 1. The van der Waals surface area contributed by atoms with E-state index in [2.05, 4.69) is 31.9 Å². The molecule has 5 unspecified atom stereocenters. The Morgan fingerprint density at radius 1 is 0.977 bits per heavy atom. The van der Waals surface area contributed by atoms with Crippen LogP contribution in [0.25, 0.3) is 0 Å². The Bertz CT molecular complexity index is 2770. The average Bonchev–Trinajstić information content (AvgIpc) is 2.19. The van der Waals surface area contributed by atoms with E-state index >= 15 is 0 Å². The number of methoxy groups -OCH3 is 2. The molecule has 5 rings (SSSR count). The van der Waals surface area contributed by atoms with Gasteiger partial charge in [0.1, 0.15) is 45.9 Å². The highest BCUT2D eigenvalue weighted by molar-refractivity contribution is 8.00. The summed E-state index contributed by atoms with van der Waals surface area (Å²) < 4.78 is 29.7. The van der Waals surface area contributed by atoms with Gasteiger partial charge in [-0.05, 0) is 95.8 Å². The molecule has 0 radical (unpaired) electrons. The summed E-state index contributed by atoms with van der Waals surface area (Å²) in [6.45, 7) is 6.46. The van der Waals surface area contributed by atoms with E-state index in [9.17, 15) is 57.8 Å². The molecule has 1 saturated carbocycles. The summed E-state index contributed by atoms with van der Waals surface area (Å²) in [4.78, 5) is 143. The average molecular weight is 1280 g/mol. The van der Waals surface area contributed by atoms with E-state index in [1.807, 2.05) is 32.1 Å². The van der Waals surface area contributed by atoms with Crippen molar-refractivity contribution in [3.63, 3.8) is 0 Å². The van der Waals surface area contributed by atoms with Gasteiger partial charge in [0, 0.05) is 71.1 Å². The van der Waals surface area contributed by atoms with Crippen molar-refractivity contribution in [2.24, 2.45) is 29.2 Å². The van der Waals surface area contributed by atoms with Crippen molar-refractivity contribution >= 4 is 94.3 Å². The van der Waals surface area contributed by atoms with Gasteiger partial charge in [-0.15, -0.1) is 11.8 Å². The molecule has 488 valence electrons. The fraction of sp³-hybridized carbons (Fsp3) is 0.644. The number of carboxylic acid groups (broad SMARTS) is 1. The lowest BCUT2D eigenvalue weighted by atomic mass is 9.81. The standard InChI is InChI=1S/C59H87ClN10O17S/c1-32-12-11-14-41(83-7)39-25-42(85-58(82)68-39)33(2)53-59(4,87-53)45(27-51(76)70(6)40-23-36(22-32)24-43(84-8)52(40)60)86-57(81)34(3)69(5)50(75)19-21-88-44(56(79)80)26-46(71)64-29-35-15-17-37(18-16-35)55(78)63-20-10-9-13-38(54(62)77)67-49(74)31-66-48(73)30-65-47(72)28-61/h11-12,14,23-24,33-35,37-39,41-42,44-45,53H,9-10,13,15-22,25-31,61H2,1-8H3,(H2,62,77)(H,63,78)(H,64,71)(H,65,72)(H,66,73)(H,67,74)(H,68,82)(H,79,80)/b14-11+,32-12+/t33-,34+,35?,37?,38?,39?,41-,42?,44-,45+,53?,59?/m1/s1. The third-order valence-corrected chi connectivity index (χ3v) is 18.1. The number of carbonyl (C=O) groups excluding carboxylic acids is 10. The molecule has 11 N–H and O–H groups in total. The zero-order valence-corrected chi connectivity index (χ0v) is 52.9. The van der Waals surface area contributed by atoms with Crippen LogP contribution < -0.4 is 53.0 Å². The lowest BCUT2D eigenvalue weighted by Crippen LogP contribution is -2.53. The van der Waals surface area contributed by atoms with Crippen molar-refractivity contribution in [3.05, 3.63) is 46.5 Å². The molecule has 1 aromatic rings. The zero-order valence-electron chi connectivity index (χ0n) is 51.3. The second-order valence-corrected chi connectivity index (χ2v) is 24.6. The molecule has 0 aromatic heterocycles. The lowest BCUT2D eigenvalue weighted by molar-refractivity contribution is -0.162. The molecule has 3 heterocycles. The summed E-state index contributed by atoms with van der Waals surface area (Å²) in [7, 11) is 5.97. The fourth-order valence-electron chi connectivity index (χ4n) is 10.8. The SMILES string of the molecule is COc1cc2cc(c1Cl)N(C)C(=O)C[C@H](OC(=O)[C@H](C)N(C)C(=O)CCS[C@H](CC(=O)NCC1CCC(C(=O)NCCCCC(NC(=O)CNC(=O)CNC(=O)CN)C(N)=O)CC1)C(=O)O)C1(C)OC1[C@H](C)C1CC(NC(=O)O1)[C@H](OC)/C=C/C=C(\C)C2. The van der Waals surface area contributed by atoms with Crippen LogP contribution >= 0.6 is 23.4 Å². The third-order valence-electron chi connectivity index (χ3n) is 16.5. The molecule has 88 heavy (non-hydrogen) atoms. The Kier molecular flexibility index (Phi) is 27.8. The van der Waals surface area contributed by atoms with Crippen molar-refractivity contribution in [1.29, 1.82) is 0 Å². The Balaban J connectivity index is 1.08. The molecule has 2 saturated heterocycles. The Labute approximate surface area is 521 Å². The predicted molar refractivity (Wildman–Crippen MR) is 324 cm³/mol. The Morgan fingerprint density at radius 3 is 2.33 bits per heavy atom. The maximum Gasteiger partial charge on any atom is 0.407 e. The Hall–Kier alpha value is -7.01. The summed E-state index contributed by atoms with van der Waals surface area (Å²) >= 11 is 7.74. The molecule has 1 aromatic carbocycles. The minimum absolute atomic E-state index is 0.000453. The topological polar surface area (TPSA) is 388 Å². The number of allylic oxidation sites excluding steroid dienone is 3. The lowest BCUT2D eigenvalue weighted by Gasteiger charge is -2.36. The summed E-state index contributed by atoms with van der Waals surface area (Å²) in [6.07, 6.45) is 5.39. The minimum atomic E-state index is -1.26. The van der Waals surface area contributed by atoms with E-state index in [0.29, 0.717) is 69.3 Å². The minimum Gasteiger partial charge on any atom is -0.495 e. The van der Waals surface area contributed by atoms with E-state index < -0.39 is 125 Å². The van der Waals surface area contributed by atoms with Crippen LogP contribution in [0.1, 0.15) is 104 Å². The van der Waals surface area contributed by atoms with E-state index in [1.54, 1.807) is 33.2 Å². The number of alkyl carbamates (subject to hydrolysis) is 1. The van der Waals surface area contributed by atoms with Crippen LogP contribution in [0.15, 0.2) is 35.9 Å². The van der Waals surface area contributed by atoms with Crippen molar-refractivity contribution in [2.45, 2.75) is 158 Å². The number of nitrogens with two attached hydrogens (primary N) is 2. The number of nitrogens with zero attached hydrogens (tertiary/aromatic N) is 2. The van der Waals surface area contributed by atoms with Crippen LogP contribution in [0.4, 0.5) is 10.5 Å². The first kappa shape index (κ1) is 71.7. The van der Waals surface area contributed by atoms with Gasteiger partial charge in [-0.1, -0.05) is 42.3 Å². The molecule has 4 bridgehead atoms. The molecule has 0 spiro atoms. The molecular formula is C59H87ClN10O17S. The van der Waals surface area contributed by atoms with Crippen LogP contribution in [0.2, 0.25) is 5.02 Å². The van der Waals surface area contributed by atoms with Gasteiger partial charge in [-0.25, -0.2) is 9.59 Å². The van der Waals surface area contributed by atoms with Gasteiger partial charge < -0.3 is 82.0 Å². The zero-order chi connectivity index (χ0) is 65.0. The summed E-state index contributed by atoms with van der Waals surface area (Å²) in [5, 5.41) is 24.7. The number of likely N-dealkylation sites (N-methyl/N-ethyl adjacent to an activating group) is 1. The number of anilines is 1. The van der Waals surface area contributed by atoms with E-state index in [-0.39, 0.29) is 73.8 Å². The third kappa shape index (κ3) is 21.1. The first-order valence-corrected chi connectivity index (χ1v) is 30.9. The van der Waals surface area contributed by atoms with Gasteiger partial charge in [0.05, 0.1) is 57.1 Å². The molecule has 29 heteroatoms. The molecule has 10 atom stereocenters. The summed E-state index contributed by atoms with van der Waals surface area (Å²) in [5.41, 5.74) is 11.5. The van der Waals surface area contributed by atoms with Crippen molar-refractivity contribution in [2.75, 3.05) is 71.7 Å². The number of benzene rings is 1. The number of hydrogen-bond acceptors (Lipinski definition) is 18. The number of carboxylic acids is 1. The van der Waals surface area contributed by atoms with Gasteiger partial charge in [0.2, 0.25) is 47.3 Å². The van der Waals surface area contributed by atoms with Crippen LogP contribution in [-0.2, 0) is 73.3 Å². The predicted octanol–water partition coefficient (Wildman–Crippen LogP) is 1.53. The number of esters is 1. The highest BCUT2D eigenvalue weighted by Crippen LogP contribution is 2.49. The highest BCUT2D eigenvalue weighted by Gasteiger charge is 2.64. The molecule has 1 aliphatic carbocycles. The van der Waals surface area contributed by atoms with Crippen LogP contribution in [-0.4, -0.2) is 195 Å². The number of carbonyl (C=O) groups is 11. The van der Waals surface area contributed by atoms with Gasteiger partial charge >= 0.3 is 18.0 Å².